The van der Waals surface area contributed by atoms with Crippen molar-refractivity contribution in [3.63, 3.8) is 0 Å². The lowest BCUT2D eigenvalue weighted by atomic mass is 9.63. The Kier molecular flexibility index (Phi) is 10.9. The fourth-order valence-corrected chi connectivity index (χ4v) is 8.03. The number of halogens is 2. The maximum Gasteiger partial charge on any atom is 0.129 e. The van der Waals surface area contributed by atoms with E-state index in [9.17, 15) is 8.78 Å². The summed E-state index contributed by atoms with van der Waals surface area (Å²) in [5.41, 5.74) is 1.13. The van der Waals surface area contributed by atoms with Crippen LogP contribution in [0.4, 0.5) is 8.78 Å². The maximum atomic E-state index is 14.6. The lowest BCUT2D eigenvalue weighted by Crippen LogP contribution is -2.31. The molecule has 4 atom stereocenters. The summed E-state index contributed by atoms with van der Waals surface area (Å²) < 4.78 is 29.3. The molecule has 4 unspecified atom stereocenters. The standard InChI is InChI=1S/C34H52F2/c1-3-5-7-8-9-25-11-13-26(14-12-25)15-16-27-17-18-29-22-30(20-19-28(29)21-27)31-23-33(35)32(10-6-4-2)34(36)24-31/h4,23-30H,2-3,5-22H2,1H3. The summed E-state index contributed by atoms with van der Waals surface area (Å²) in [6.07, 6.45) is 26.3. The first kappa shape index (κ1) is 27.8. The minimum atomic E-state index is -0.358. The van der Waals surface area contributed by atoms with Gasteiger partial charge in [-0.2, -0.15) is 0 Å². The van der Waals surface area contributed by atoms with Gasteiger partial charge in [0.15, 0.2) is 0 Å². The lowest BCUT2D eigenvalue weighted by molar-refractivity contribution is 0.108. The van der Waals surface area contributed by atoms with Crippen LogP contribution < -0.4 is 0 Å². The molecule has 1 aromatic carbocycles. The molecule has 1 aromatic rings. The highest BCUT2D eigenvalue weighted by molar-refractivity contribution is 5.29. The first-order valence-corrected chi connectivity index (χ1v) is 15.7. The van der Waals surface area contributed by atoms with E-state index < -0.39 is 0 Å². The van der Waals surface area contributed by atoms with Gasteiger partial charge in [-0.25, -0.2) is 8.78 Å². The van der Waals surface area contributed by atoms with E-state index in [0.29, 0.717) is 18.8 Å². The summed E-state index contributed by atoms with van der Waals surface area (Å²) >= 11 is 0. The largest absolute Gasteiger partial charge is 0.207 e. The fraction of sp³-hybridized carbons (Fsp3) is 0.765. The maximum absolute atomic E-state index is 14.6. The molecule has 0 saturated heterocycles. The molecule has 0 aromatic heterocycles. The van der Waals surface area contributed by atoms with Gasteiger partial charge in [-0.1, -0.05) is 90.0 Å². The Balaban J connectivity index is 1.18. The van der Waals surface area contributed by atoms with Gasteiger partial charge in [0.25, 0.3) is 0 Å². The average Bonchev–Trinajstić information content (AvgIpc) is 2.89. The highest BCUT2D eigenvalue weighted by atomic mass is 19.1. The highest BCUT2D eigenvalue weighted by Gasteiger charge is 2.36. The molecule has 0 heterocycles. The number of fused-ring (bicyclic) bond motifs is 1. The van der Waals surface area contributed by atoms with Crippen LogP contribution in [0.25, 0.3) is 0 Å². The molecule has 0 radical (unpaired) electrons. The highest BCUT2D eigenvalue weighted by Crippen LogP contribution is 2.49. The van der Waals surface area contributed by atoms with Gasteiger partial charge in [0, 0.05) is 5.56 Å². The van der Waals surface area contributed by atoms with E-state index in [-0.39, 0.29) is 17.2 Å². The zero-order chi connectivity index (χ0) is 25.3. The van der Waals surface area contributed by atoms with Crippen LogP contribution in [0.5, 0.6) is 0 Å². The quantitative estimate of drug-likeness (QED) is 0.198. The summed E-state index contributed by atoms with van der Waals surface area (Å²) in [4.78, 5) is 0. The predicted octanol–water partition coefficient (Wildman–Crippen LogP) is 10.9. The van der Waals surface area contributed by atoms with Crippen molar-refractivity contribution in [3.8, 4) is 0 Å². The van der Waals surface area contributed by atoms with E-state index in [2.05, 4.69) is 13.5 Å². The van der Waals surface area contributed by atoms with Crippen molar-refractivity contribution in [2.24, 2.45) is 29.6 Å². The minimum Gasteiger partial charge on any atom is -0.207 e. The van der Waals surface area contributed by atoms with Gasteiger partial charge in [0.05, 0.1) is 0 Å². The van der Waals surface area contributed by atoms with Crippen LogP contribution in [0.2, 0.25) is 0 Å². The molecule has 36 heavy (non-hydrogen) atoms. The topological polar surface area (TPSA) is 0 Å². The van der Waals surface area contributed by atoms with Gasteiger partial charge in [0.1, 0.15) is 11.6 Å². The molecule has 0 bridgehead atoms. The summed E-state index contributed by atoms with van der Waals surface area (Å²) in [7, 11) is 0. The molecule has 202 valence electrons. The van der Waals surface area contributed by atoms with E-state index in [1.54, 1.807) is 18.2 Å². The lowest BCUT2D eigenvalue weighted by Gasteiger charge is -2.43. The van der Waals surface area contributed by atoms with Crippen molar-refractivity contribution in [2.45, 2.75) is 135 Å². The number of benzene rings is 1. The number of hydrogen-bond donors (Lipinski definition) is 0. The average molecular weight is 499 g/mol. The molecule has 0 spiro atoms. The van der Waals surface area contributed by atoms with Crippen molar-refractivity contribution in [2.75, 3.05) is 0 Å². The van der Waals surface area contributed by atoms with Crippen LogP contribution in [-0.4, -0.2) is 0 Å². The van der Waals surface area contributed by atoms with E-state index >= 15 is 0 Å². The van der Waals surface area contributed by atoms with Crippen LogP contribution in [0, 0.1) is 41.2 Å². The van der Waals surface area contributed by atoms with E-state index in [1.807, 2.05) is 0 Å². The molecule has 4 rings (SSSR count). The van der Waals surface area contributed by atoms with Crippen molar-refractivity contribution >= 4 is 0 Å². The van der Waals surface area contributed by atoms with Gasteiger partial charge < -0.3 is 0 Å². The van der Waals surface area contributed by atoms with E-state index in [4.69, 9.17) is 0 Å². The first-order chi connectivity index (χ1) is 17.6. The Hall–Kier alpha value is -1.18. The molecular formula is C34H52F2. The third-order valence-corrected chi connectivity index (χ3v) is 10.4. The monoisotopic (exact) mass is 498 g/mol. The molecule has 3 aliphatic carbocycles. The third kappa shape index (κ3) is 7.67. The second kappa shape index (κ2) is 14.1. The van der Waals surface area contributed by atoms with Crippen LogP contribution in [0.1, 0.15) is 140 Å². The molecule has 3 fully saturated rings. The van der Waals surface area contributed by atoms with Crippen molar-refractivity contribution in [1.29, 1.82) is 0 Å². The Bertz CT molecular complexity index is 782. The Labute approximate surface area is 220 Å². The summed E-state index contributed by atoms with van der Waals surface area (Å²) in [6.45, 7) is 5.98. The zero-order valence-electron chi connectivity index (χ0n) is 23.1. The second-order valence-corrected chi connectivity index (χ2v) is 12.8. The van der Waals surface area contributed by atoms with Gasteiger partial charge in [-0.3, -0.25) is 0 Å². The normalized spacial score (nSPS) is 30.6. The number of hydrogen-bond acceptors (Lipinski definition) is 0. The molecule has 0 amide bonds. The Morgan fingerprint density at radius 3 is 2.06 bits per heavy atom. The third-order valence-electron chi connectivity index (χ3n) is 10.4. The van der Waals surface area contributed by atoms with Crippen LogP contribution in [-0.2, 0) is 6.42 Å². The SMILES string of the molecule is C=CCCc1c(F)cc(C2CCC3CC(CCC4CCC(CCCCCC)CC4)CCC3C2)cc1F. The summed E-state index contributed by atoms with van der Waals surface area (Å²) in [5.74, 6) is 4.16. The van der Waals surface area contributed by atoms with Gasteiger partial charge in [-0.15, -0.1) is 6.58 Å². The fourth-order valence-electron chi connectivity index (χ4n) is 8.03. The van der Waals surface area contributed by atoms with Crippen LogP contribution in [0.15, 0.2) is 24.8 Å². The molecular weight excluding hydrogens is 446 g/mol. The molecule has 2 heteroatoms. The van der Waals surface area contributed by atoms with E-state index in [0.717, 1.165) is 48.0 Å². The Morgan fingerprint density at radius 2 is 1.36 bits per heavy atom. The predicted molar refractivity (Wildman–Crippen MR) is 149 cm³/mol. The van der Waals surface area contributed by atoms with E-state index in [1.165, 1.54) is 96.3 Å². The van der Waals surface area contributed by atoms with Crippen molar-refractivity contribution in [1.82, 2.24) is 0 Å². The van der Waals surface area contributed by atoms with Crippen molar-refractivity contribution < 1.29 is 8.78 Å². The smallest absolute Gasteiger partial charge is 0.129 e. The van der Waals surface area contributed by atoms with Crippen LogP contribution in [0.3, 0.4) is 0 Å². The Morgan fingerprint density at radius 1 is 0.750 bits per heavy atom. The summed E-state index contributed by atoms with van der Waals surface area (Å²) in [6, 6.07) is 3.27. The van der Waals surface area contributed by atoms with Gasteiger partial charge in [0.2, 0.25) is 0 Å². The number of rotatable bonds is 12. The zero-order valence-corrected chi connectivity index (χ0v) is 23.1. The second-order valence-electron chi connectivity index (χ2n) is 12.8. The number of allylic oxidation sites excluding steroid dienone is 1. The minimum absolute atomic E-state index is 0.230. The molecule has 0 aliphatic heterocycles. The van der Waals surface area contributed by atoms with Gasteiger partial charge >= 0.3 is 0 Å². The first-order valence-electron chi connectivity index (χ1n) is 15.7. The molecule has 0 N–H and O–H groups in total. The molecule has 3 aliphatic rings. The molecule has 3 saturated carbocycles. The summed E-state index contributed by atoms with van der Waals surface area (Å²) in [5, 5.41) is 0. The number of unbranched alkanes of at least 4 members (excludes halogenated alkanes) is 3. The van der Waals surface area contributed by atoms with Crippen molar-refractivity contribution in [3.05, 3.63) is 47.5 Å². The van der Waals surface area contributed by atoms with Crippen LogP contribution >= 0.6 is 0 Å². The molecule has 0 nitrogen and oxygen atoms in total. The van der Waals surface area contributed by atoms with Gasteiger partial charge in [-0.05, 0) is 98.1 Å².